The fourth-order valence-corrected chi connectivity index (χ4v) is 4.79. The molecule has 0 aromatic carbocycles. The Morgan fingerprint density at radius 1 is 1.35 bits per heavy atom. The summed E-state index contributed by atoms with van der Waals surface area (Å²) in [6.07, 6.45) is 0.890. The van der Waals surface area contributed by atoms with E-state index in [9.17, 15) is 8.42 Å². The van der Waals surface area contributed by atoms with Crippen LogP contribution in [-0.2, 0) is 16.6 Å². The highest BCUT2D eigenvalue weighted by molar-refractivity contribution is 7.89. The molecule has 2 N–H and O–H groups in total. The molecule has 0 aliphatic carbocycles. The van der Waals surface area contributed by atoms with Crippen LogP contribution >= 0.6 is 0 Å². The van der Waals surface area contributed by atoms with Gasteiger partial charge in [0.05, 0.1) is 17.9 Å². The van der Waals surface area contributed by atoms with Gasteiger partial charge in [0.25, 0.3) is 0 Å². The molecule has 114 valence electrons. The van der Waals surface area contributed by atoms with Crippen LogP contribution in [0.4, 0.5) is 0 Å². The van der Waals surface area contributed by atoms with E-state index < -0.39 is 10.0 Å². The summed E-state index contributed by atoms with van der Waals surface area (Å²) in [6, 6.07) is 0. The minimum atomic E-state index is -3.46. The standard InChI is InChI=1S/C13H24N4O2S/c1-10-12(11(2)17(15-10)8-6-14)20(18,19)16-7-5-13(3,4)9-16/h5-9,14H2,1-4H3. The van der Waals surface area contributed by atoms with E-state index in [1.54, 1.807) is 22.8 Å². The van der Waals surface area contributed by atoms with Gasteiger partial charge in [-0.15, -0.1) is 0 Å². The van der Waals surface area contributed by atoms with Crippen LogP contribution in [0.2, 0.25) is 0 Å². The Kier molecular flexibility index (Phi) is 3.96. The number of rotatable bonds is 4. The van der Waals surface area contributed by atoms with Gasteiger partial charge >= 0.3 is 0 Å². The smallest absolute Gasteiger partial charge is 0.246 e. The van der Waals surface area contributed by atoms with Crippen LogP contribution in [0.5, 0.6) is 0 Å². The Morgan fingerprint density at radius 3 is 2.50 bits per heavy atom. The second-order valence-corrected chi connectivity index (χ2v) is 8.14. The zero-order chi connectivity index (χ0) is 15.1. The first-order valence-corrected chi connectivity index (χ1v) is 8.37. The molecule has 1 aromatic heterocycles. The van der Waals surface area contributed by atoms with Crippen molar-refractivity contribution in [2.75, 3.05) is 19.6 Å². The number of nitrogens with two attached hydrogens (primary N) is 1. The van der Waals surface area contributed by atoms with E-state index in [2.05, 4.69) is 18.9 Å². The number of aromatic nitrogens is 2. The molecule has 2 rings (SSSR count). The van der Waals surface area contributed by atoms with E-state index >= 15 is 0 Å². The maximum absolute atomic E-state index is 12.8. The summed E-state index contributed by atoms with van der Waals surface area (Å²) in [6.45, 7) is 9.86. The summed E-state index contributed by atoms with van der Waals surface area (Å²) in [4.78, 5) is 0.351. The minimum Gasteiger partial charge on any atom is -0.329 e. The SMILES string of the molecule is Cc1nn(CCN)c(C)c1S(=O)(=O)N1CCC(C)(C)C1. The van der Waals surface area contributed by atoms with Gasteiger partial charge in [-0.1, -0.05) is 13.8 Å². The molecule has 0 bridgehead atoms. The molecule has 1 aliphatic heterocycles. The van der Waals surface area contributed by atoms with E-state index in [4.69, 9.17) is 5.73 Å². The normalized spacial score (nSPS) is 19.6. The predicted molar refractivity (Wildman–Crippen MR) is 77.9 cm³/mol. The fourth-order valence-electron chi connectivity index (χ4n) is 2.79. The Bertz CT molecular complexity index is 604. The summed E-state index contributed by atoms with van der Waals surface area (Å²) in [5, 5.41) is 4.30. The van der Waals surface area contributed by atoms with Crippen LogP contribution in [0, 0.1) is 19.3 Å². The highest BCUT2D eigenvalue weighted by Gasteiger charge is 2.39. The van der Waals surface area contributed by atoms with E-state index in [-0.39, 0.29) is 5.41 Å². The van der Waals surface area contributed by atoms with Gasteiger partial charge in [-0.3, -0.25) is 4.68 Å². The molecule has 1 saturated heterocycles. The average Bonchev–Trinajstić information content (AvgIpc) is 2.81. The molecule has 1 fully saturated rings. The lowest BCUT2D eigenvalue weighted by Gasteiger charge is -2.19. The highest BCUT2D eigenvalue weighted by atomic mass is 32.2. The van der Waals surface area contributed by atoms with Gasteiger partial charge in [0, 0.05) is 19.6 Å². The number of aryl methyl sites for hydroxylation is 1. The maximum atomic E-state index is 12.8. The van der Waals surface area contributed by atoms with Gasteiger partial charge in [0.1, 0.15) is 4.90 Å². The van der Waals surface area contributed by atoms with E-state index in [1.807, 2.05) is 0 Å². The Balaban J connectivity index is 2.40. The summed E-state index contributed by atoms with van der Waals surface area (Å²) in [7, 11) is -3.46. The molecule has 0 saturated carbocycles. The molecule has 0 spiro atoms. The van der Waals surface area contributed by atoms with E-state index in [0.29, 0.717) is 42.5 Å². The summed E-state index contributed by atoms with van der Waals surface area (Å²) in [5.74, 6) is 0. The largest absolute Gasteiger partial charge is 0.329 e. The van der Waals surface area contributed by atoms with Crippen LogP contribution in [0.25, 0.3) is 0 Å². The molecule has 0 amide bonds. The van der Waals surface area contributed by atoms with Crippen molar-refractivity contribution in [1.29, 1.82) is 0 Å². The van der Waals surface area contributed by atoms with Crippen molar-refractivity contribution in [1.82, 2.24) is 14.1 Å². The second-order valence-electron chi connectivity index (χ2n) is 6.26. The molecule has 1 aliphatic rings. The van der Waals surface area contributed by atoms with Crippen molar-refractivity contribution in [3.8, 4) is 0 Å². The minimum absolute atomic E-state index is 0.0438. The summed E-state index contributed by atoms with van der Waals surface area (Å²) < 4.78 is 28.9. The van der Waals surface area contributed by atoms with Gasteiger partial charge in [-0.2, -0.15) is 9.40 Å². The van der Waals surface area contributed by atoms with Crippen molar-refractivity contribution in [2.24, 2.45) is 11.1 Å². The molecule has 6 nitrogen and oxygen atoms in total. The molecule has 20 heavy (non-hydrogen) atoms. The lowest BCUT2D eigenvalue weighted by atomic mass is 9.93. The first kappa shape index (κ1) is 15.5. The van der Waals surface area contributed by atoms with Crippen LogP contribution in [0.15, 0.2) is 4.90 Å². The Labute approximate surface area is 121 Å². The molecule has 7 heteroatoms. The topological polar surface area (TPSA) is 81.2 Å². The van der Waals surface area contributed by atoms with Crippen molar-refractivity contribution >= 4 is 10.0 Å². The van der Waals surface area contributed by atoms with Crippen LogP contribution in [-0.4, -0.2) is 42.1 Å². The van der Waals surface area contributed by atoms with Crippen LogP contribution in [0.1, 0.15) is 31.7 Å². The molecule has 0 radical (unpaired) electrons. The monoisotopic (exact) mass is 300 g/mol. The third-order valence-corrected chi connectivity index (χ3v) is 5.99. The molecular weight excluding hydrogens is 276 g/mol. The highest BCUT2D eigenvalue weighted by Crippen LogP contribution is 2.34. The molecule has 0 unspecified atom stereocenters. The summed E-state index contributed by atoms with van der Waals surface area (Å²) in [5.41, 5.74) is 6.81. The predicted octanol–water partition coefficient (Wildman–Crippen LogP) is 0.879. The zero-order valence-electron chi connectivity index (χ0n) is 12.7. The van der Waals surface area contributed by atoms with E-state index in [1.165, 1.54) is 0 Å². The summed E-state index contributed by atoms with van der Waals surface area (Å²) >= 11 is 0. The van der Waals surface area contributed by atoms with Crippen molar-refractivity contribution in [2.45, 2.75) is 45.6 Å². The van der Waals surface area contributed by atoms with Crippen LogP contribution < -0.4 is 5.73 Å². The lowest BCUT2D eigenvalue weighted by Crippen LogP contribution is -2.31. The Morgan fingerprint density at radius 2 is 2.00 bits per heavy atom. The third-order valence-electron chi connectivity index (χ3n) is 3.90. The van der Waals surface area contributed by atoms with Crippen molar-refractivity contribution < 1.29 is 8.42 Å². The Hall–Kier alpha value is -0.920. The number of sulfonamides is 1. The first-order chi connectivity index (χ1) is 9.19. The van der Waals surface area contributed by atoms with Gasteiger partial charge < -0.3 is 5.73 Å². The maximum Gasteiger partial charge on any atom is 0.246 e. The zero-order valence-corrected chi connectivity index (χ0v) is 13.5. The van der Waals surface area contributed by atoms with Gasteiger partial charge in [-0.05, 0) is 25.7 Å². The number of hydrogen-bond acceptors (Lipinski definition) is 4. The second kappa shape index (κ2) is 5.13. The van der Waals surface area contributed by atoms with E-state index in [0.717, 1.165) is 6.42 Å². The van der Waals surface area contributed by atoms with Gasteiger partial charge in [0.15, 0.2) is 0 Å². The number of hydrogen-bond donors (Lipinski definition) is 1. The molecular formula is C13H24N4O2S. The van der Waals surface area contributed by atoms with Gasteiger partial charge in [-0.25, -0.2) is 8.42 Å². The first-order valence-electron chi connectivity index (χ1n) is 6.93. The fraction of sp³-hybridized carbons (Fsp3) is 0.769. The number of nitrogens with zero attached hydrogens (tertiary/aromatic N) is 3. The van der Waals surface area contributed by atoms with Crippen LogP contribution in [0.3, 0.4) is 0 Å². The van der Waals surface area contributed by atoms with Crippen molar-refractivity contribution in [3.05, 3.63) is 11.4 Å². The van der Waals surface area contributed by atoms with Crippen molar-refractivity contribution in [3.63, 3.8) is 0 Å². The quantitative estimate of drug-likeness (QED) is 0.895. The average molecular weight is 300 g/mol. The lowest BCUT2D eigenvalue weighted by molar-refractivity contribution is 0.375. The van der Waals surface area contributed by atoms with Gasteiger partial charge in [0.2, 0.25) is 10.0 Å². The third kappa shape index (κ3) is 2.62. The molecule has 2 heterocycles. The molecule has 0 atom stereocenters. The molecule has 1 aromatic rings.